The molecule has 0 aromatic heterocycles. The van der Waals surface area contributed by atoms with Crippen molar-refractivity contribution < 1.29 is 13.6 Å². The van der Waals surface area contributed by atoms with E-state index in [1.165, 1.54) is 6.42 Å². The first kappa shape index (κ1) is 10.2. The Balaban J connectivity index is 2.39. The number of ether oxygens (including phenoxy) is 1. The normalized spacial score (nSPS) is 29.0. The third-order valence-electron chi connectivity index (χ3n) is 2.48. The molecule has 3 nitrogen and oxygen atoms in total. The number of rotatable bonds is 5. The van der Waals surface area contributed by atoms with Crippen molar-refractivity contribution in [2.75, 3.05) is 14.2 Å². The highest BCUT2D eigenvalue weighted by Gasteiger charge is 2.56. The zero-order chi connectivity index (χ0) is 9.19. The highest BCUT2D eigenvalue weighted by atomic mass is 28.4. The molecule has 0 N–H and O–H groups in total. The molecule has 1 heterocycles. The molecule has 2 unspecified atom stereocenters. The van der Waals surface area contributed by atoms with E-state index < -0.39 is 8.56 Å². The van der Waals surface area contributed by atoms with Gasteiger partial charge >= 0.3 is 8.56 Å². The Hall–Kier alpha value is 0.0969. The van der Waals surface area contributed by atoms with Gasteiger partial charge in [0.1, 0.15) is 5.73 Å². The van der Waals surface area contributed by atoms with Gasteiger partial charge in [0.25, 0.3) is 0 Å². The van der Waals surface area contributed by atoms with Gasteiger partial charge < -0.3 is 13.6 Å². The van der Waals surface area contributed by atoms with E-state index in [1.54, 1.807) is 14.2 Å². The first-order valence-corrected chi connectivity index (χ1v) is 6.83. The zero-order valence-electron chi connectivity index (χ0n) is 8.29. The lowest BCUT2D eigenvalue weighted by atomic mass is 10.3. The molecule has 0 bridgehead atoms. The first-order valence-electron chi connectivity index (χ1n) is 4.43. The van der Waals surface area contributed by atoms with E-state index in [0.717, 1.165) is 6.42 Å². The Labute approximate surface area is 75.3 Å². The van der Waals surface area contributed by atoms with Crippen LogP contribution in [0.15, 0.2) is 0 Å². The lowest BCUT2D eigenvalue weighted by Gasteiger charge is -2.20. The van der Waals surface area contributed by atoms with Crippen LogP contribution in [0.3, 0.4) is 0 Å². The Kier molecular flexibility index (Phi) is 3.28. The second kappa shape index (κ2) is 3.87. The largest absolute Gasteiger partial charge is 0.396 e. The van der Waals surface area contributed by atoms with Crippen LogP contribution in [0.1, 0.15) is 19.8 Å². The second-order valence-electron chi connectivity index (χ2n) is 3.31. The fraction of sp³-hybridized carbons (Fsp3) is 1.00. The highest BCUT2D eigenvalue weighted by molar-refractivity contribution is 6.68. The second-order valence-corrected chi connectivity index (χ2v) is 6.73. The Bertz CT molecular complexity index is 147. The summed E-state index contributed by atoms with van der Waals surface area (Å²) in [5, 5.41) is 0. The van der Waals surface area contributed by atoms with Crippen LogP contribution in [0.2, 0.25) is 6.55 Å². The van der Waals surface area contributed by atoms with Crippen molar-refractivity contribution >= 4 is 8.56 Å². The summed E-state index contributed by atoms with van der Waals surface area (Å²) in [5.41, 5.74) is 0.257. The number of epoxide rings is 1. The van der Waals surface area contributed by atoms with Gasteiger partial charge in [-0.05, 0) is 13.0 Å². The van der Waals surface area contributed by atoms with Crippen molar-refractivity contribution in [1.82, 2.24) is 0 Å². The summed E-state index contributed by atoms with van der Waals surface area (Å²) in [7, 11) is 1.43. The minimum Gasteiger partial charge on any atom is -0.396 e. The van der Waals surface area contributed by atoms with Gasteiger partial charge in [-0.15, -0.1) is 0 Å². The van der Waals surface area contributed by atoms with Crippen LogP contribution >= 0.6 is 0 Å². The smallest absolute Gasteiger partial charge is 0.367 e. The van der Waals surface area contributed by atoms with Crippen molar-refractivity contribution in [3.63, 3.8) is 0 Å². The quantitative estimate of drug-likeness (QED) is 0.486. The molecule has 1 fully saturated rings. The molecule has 1 aliphatic heterocycles. The van der Waals surface area contributed by atoms with E-state index in [9.17, 15) is 0 Å². The molecule has 0 aromatic rings. The molecule has 12 heavy (non-hydrogen) atoms. The summed E-state index contributed by atoms with van der Waals surface area (Å²) >= 11 is 0. The number of hydrogen-bond acceptors (Lipinski definition) is 3. The van der Waals surface area contributed by atoms with Crippen molar-refractivity contribution in [2.24, 2.45) is 0 Å². The topological polar surface area (TPSA) is 31.0 Å². The molecule has 2 atom stereocenters. The molecule has 1 aliphatic rings. The molecule has 0 aromatic carbocycles. The van der Waals surface area contributed by atoms with Crippen molar-refractivity contribution in [2.45, 2.75) is 38.1 Å². The molecular formula is C8H18O3Si. The minimum atomic E-state index is -1.99. The van der Waals surface area contributed by atoms with Crippen molar-refractivity contribution in [1.29, 1.82) is 0 Å². The van der Waals surface area contributed by atoms with Crippen LogP contribution in [0.5, 0.6) is 0 Å². The maximum Gasteiger partial charge on any atom is 0.367 e. The summed E-state index contributed by atoms with van der Waals surface area (Å²) in [4.78, 5) is 0. The summed E-state index contributed by atoms with van der Waals surface area (Å²) < 4.78 is 16.3. The van der Waals surface area contributed by atoms with Gasteiger partial charge in [-0.25, -0.2) is 0 Å². The lowest BCUT2D eigenvalue weighted by Crippen LogP contribution is -2.44. The fourth-order valence-corrected chi connectivity index (χ4v) is 3.32. The monoisotopic (exact) mass is 190 g/mol. The first-order chi connectivity index (χ1) is 5.68. The summed E-state index contributed by atoms with van der Waals surface area (Å²) in [6.07, 6.45) is 2.69. The number of hydrogen-bond donors (Lipinski definition) is 0. The van der Waals surface area contributed by atoms with Gasteiger partial charge in [0.05, 0.1) is 6.10 Å². The fourth-order valence-electron chi connectivity index (χ4n) is 1.42. The van der Waals surface area contributed by atoms with E-state index in [0.29, 0.717) is 6.10 Å². The van der Waals surface area contributed by atoms with E-state index in [2.05, 4.69) is 6.92 Å². The van der Waals surface area contributed by atoms with E-state index in [-0.39, 0.29) is 5.73 Å². The minimum absolute atomic E-state index is 0.257. The predicted octanol–water partition coefficient (Wildman–Crippen LogP) is 1.46. The van der Waals surface area contributed by atoms with Crippen LogP contribution in [0.4, 0.5) is 0 Å². The Morgan fingerprint density at radius 2 is 1.92 bits per heavy atom. The standard InChI is InChI=1S/C8H18O3Si/c1-5-6-7-8(11-7)12(4,9-2)10-3/h7-8H,5-6H2,1-4H3. The molecule has 72 valence electrons. The molecule has 1 rings (SSSR count). The Morgan fingerprint density at radius 1 is 1.33 bits per heavy atom. The third-order valence-corrected chi connectivity index (χ3v) is 5.65. The molecule has 0 radical (unpaired) electrons. The maximum absolute atomic E-state index is 5.52. The average Bonchev–Trinajstić information content (AvgIpc) is 2.84. The average molecular weight is 190 g/mol. The summed E-state index contributed by atoms with van der Waals surface area (Å²) in [6.45, 7) is 4.21. The van der Waals surface area contributed by atoms with Gasteiger partial charge in [-0.1, -0.05) is 13.3 Å². The molecular weight excluding hydrogens is 172 g/mol. The molecule has 4 heteroatoms. The Morgan fingerprint density at radius 3 is 2.33 bits per heavy atom. The highest BCUT2D eigenvalue weighted by Crippen LogP contribution is 2.34. The van der Waals surface area contributed by atoms with Gasteiger partial charge in [0, 0.05) is 14.2 Å². The molecule has 0 aliphatic carbocycles. The summed E-state index contributed by atoms with van der Waals surface area (Å²) in [6, 6.07) is 0. The van der Waals surface area contributed by atoms with Crippen LogP contribution in [0.25, 0.3) is 0 Å². The van der Waals surface area contributed by atoms with Crippen LogP contribution in [-0.4, -0.2) is 34.6 Å². The molecule has 0 amide bonds. The molecule has 1 saturated heterocycles. The third kappa shape index (κ3) is 1.88. The van der Waals surface area contributed by atoms with Gasteiger partial charge in [-0.2, -0.15) is 0 Å². The van der Waals surface area contributed by atoms with E-state index >= 15 is 0 Å². The van der Waals surface area contributed by atoms with E-state index in [1.807, 2.05) is 6.55 Å². The summed E-state index contributed by atoms with van der Waals surface area (Å²) in [5.74, 6) is 0. The lowest BCUT2D eigenvalue weighted by molar-refractivity contribution is 0.230. The van der Waals surface area contributed by atoms with Gasteiger partial charge in [0.2, 0.25) is 0 Å². The SMILES string of the molecule is CCCC1OC1[Si](C)(OC)OC. The van der Waals surface area contributed by atoms with Crippen LogP contribution < -0.4 is 0 Å². The van der Waals surface area contributed by atoms with Gasteiger partial charge in [0.15, 0.2) is 0 Å². The predicted molar refractivity (Wildman–Crippen MR) is 49.2 cm³/mol. The van der Waals surface area contributed by atoms with Crippen molar-refractivity contribution in [3.8, 4) is 0 Å². The molecule has 0 saturated carbocycles. The zero-order valence-corrected chi connectivity index (χ0v) is 9.29. The van der Waals surface area contributed by atoms with Gasteiger partial charge in [-0.3, -0.25) is 0 Å². The van der Waals surface area contributed by atoms with Crippen molar-refractivity contribution in [3.05, 3.63) is 0 Å². The maximum atomic E-state index is 5.52. The van der Waals surface area contributed by atoms with E-state index in [4.69, 9.17) is 13.6 Å². The van der Waals surface area contributed by atoms with Crippen LogP contribution in [0, 0.1) is 0 Å². The molecule has 0 spiro atoms. The van der Waals surface area contributed by atoms with Crippen LogP contribution in [-0.2, 0) is 13.6 Å².